The van der Waals surface area contributed by atoms with Gasteiger partial charge < -0.3 is 15.5 Å². The van der Waals surface area contributed by atoms with Crippen LogP contribution in [0, 0.1) is 11.8 Å². The second-order valence-corrected chi connectivity index (χ2v) is 5.49. The first-order valence-electron chi connectivity index (χ1n) is 6.37. The first-order valence-corrected chi connectivity index (χ1v) is 6.37. The molecule has 1 aliphatic carbocycles. The van der Waals surface area contributed by atoms with Gasteiger partial charge >= 0.3 is 12.1 Å². The van der Waals surface area contributed by atoms with E-state index in [-0.39, 0.29) is 6.54 Å². The lowest BCUT2D eigenvalue weighted by atomic mass is 9.79. The molecule has 1 rings (SSSR count). The summed E-state index contributed by atoms with van der Waals surface area (Å²) in [5.74, 6) is -4.00. The van der Waals surface area contributed by atoms with E-state index in [0.29, 0.717) is 18.8 Å². The molecule has 0 aliphatic heterocycles. The molecule has 0 bridgehead atoms. The van der Waals surface area contributed by atoms with Gasteiger partial charge in [0.25, 0.3) is 0 Å². The molecule has 1 fully saturated rings. The lowest BCUT2D eigenvalue weighted by Crippen LogP contribution is -2.47. The lowest BCUT2D eigenvalue weighted by Gasteiger charge is -2.36. The Labute approximate surface area is 110 Å². The van der Waals surface area contributed by atoms with Crippen LogP contribution in [0.25, 0.3) is 0 Å². The first-order chi connectivity index (χ1) is 8.64. The van der Waals surface area contributed by atoms with E-state index in [9.17, 15) is 23.1 Å². The van der Waals surface area contributed by atoms with Crippen LogP contribution in [-0.2, 0) is 4.79 Å². The largest absolute Gasteiger partial charge is 0.481 e. The summed E-state index contributed by atoms with van der Waals surface area (Å²) in [5, 5.41) is 21.2. The minimum atomic E-state index is -4.78. The lowest BCUT2D eigenvalue weighted by molar-refractivity contribution is -0.192. The van der Waals surface area contributed by atoms with E-state index in [0.717, 1.165) is 12.8 Å². The number of nitrogens with one attached hydrogen (secondary N) is 1. The fourth-order valence-corrected chi connectivity index (χ4v) is 2.59. The molecule has 4 nitrogen and oxygen atoms in total. The van der Waals surface area contributed by atoms with Crippen LogP contribution in [0.5, 0.6) is 0 Å². The van der Waals surface area contributed by atoms with Crippen molar-refractivity contribution in [1.82, 2.24) is 5.32 Å². The Morgan fingerprint density at radius 3 is 2.63 bits per heavy atom. The molecule has 0 amide bonds. The highest BCUT2D eigenvalue weighted by molar-refractivity contribution is 5.71. The van der Waals surface area contributed by atoms with Crippen molar-refractivity contribution in [3.63, 3.8) is 0 Å². The second kappa shape index (κ2) is 6.09. The van der Waals surface area contributed by atoms with Crippen LogP contribution in [0.1, 0.15) is 32.6 Å². The fraction of sp³-hybridized carbons (Fsp3) is 0.917. The zero-order chi connectivity index (χ0) is 14.7. The van der Waals surface area contributed by atoms with E-state index in [2.05, 4.69) is 5.32 Å². The number of aliphatic carboxylic acids is 1. The van der Waals surface area contributed by atoms with Gasteiger partial charge in [-0.15, -0.1) is 0 Å². The molecule has 0 saturated heterocycles. The zero-order valence-electron chi connectivity index (χ0n) is 10.8. The summed E-state index contributed by atoms with van der Waals surface area (Å²) < 4.78 is 37.2. The van der Waals surface area contributed by atoms with E-state index < -0.39 is 30.2 Å². The molecular formula is C12H20F3NO3. The molecule has 3 atom stereocenters. The van der Waals surface area contributed by atoms with Gasteiger partial charge in [-0.3, -0.25) is 4.79 Å². The molecule has 0 spiro atoms. The standard InChI is InChI=1S/C12H20F3NO3/c1-8-3-2-4-11(19,5-8)7-16-6-9(10(17)18)12(13,14)15/h8-9,16,19H,2-7H2,1H3,(H,17,18). The molecule has 7 heteroatoms. The highest BCUT2D eigenvalue weighted by Crippen LogP contribution is 2.32. The van der Waals surface area contributed by atoms with E-state index in [1.165, 1.54) is 0 Å². The maximum atomic E-state index is 12.4. The molecule has 0 aromatic heterocycles. The SMILES string of the molecule is CC1CCCC(O)(CNCC(C(=O)O)C(F)(F)F)C1. The van der Waals surface area contributed by atoms with Gasteiger partial charge in [0.2, 0.25) is 0 Å². The third kappa shape index (κ3) is 4.99. The summed E-state index contributed by atoms with van der Waals surface area (Å²) in [7, 11) is 0. The highest BCUT2D eigenvalue weighted by atomic mass is 19.4. The van der Waals surface area contributed by atoms with E-state index in [4.69, 9.17) is 5.11 Å². The molecule has 0 radical (unpaired) electrons. The summed E-state index contributed by atoms with van der Waals surface area (Å²) in [4.78, 5) is 10.5. The van der Waals surface area contributed by atoms with Gasteiger partial charge in [0.15, 0.2) is 5.92 Å². The molecule has 0 aromatic rings. The van der Waals surface area contributed by atoms with Crippen molar-refractivity contribution in [3.05, 3.63) is 0 Å². The zero-order valence-corrected chi connectivity index (χ0v) is 10.8. The molecule has 1 aliphatic rings. The van der Waals surface area contributed by atoms with Crippen LogP contribution >= 0.6 is 0 Å². The minimum Gasteiger partial charge on any atom is -0.481 e. The van der Waals surface area contributed by atoms with E-state index >= 15 is 0 Å². The number of hydrogen-bond acceptors (Lipinski definition) is 3. The molecule has 1 saturated carbocycles. The Morgan fingerprint density at radius 2 is 2.16 bits per heavy atom. The highest BCUT2D eigenvalue weighted by Gasteiger charge is 2.45. The number of carbonyl (C=O) groups is 1. The number of alkyl halides is 3. The quantitative estimate of drug-likeness (QED) is 0.719. The smallest absolute Gasteiger partial charge is 0.403 e. The van der Waals surface area contributed by atoms with Gasteiger partial charge in [-0.05, 0) is 18.8 Å². The Hall–Kier alpha value is -0.820. The Morgan fingerprint density at radius 1 is 1.53 bits per heavy atom. The van der Waals surface area contributed by atoms with Crippen LogP contribution in [0.4, 0.5) is 13.2 Å². The molecule has 19 heavy (non-hydrogen) atoms. The number of halogens is 3. The molecule has 112 valence electrons. The predicted molar refractivity (Wildman–Crippen MR) is 62.6 cm³/mol. The van der Waals surface area contributed by atoms with Crippen molar-refractivity contribution in [3.8, 4) is 0 Å². The van der Waals surface area contributed by atoms with Gasteiger partial charge in [-0.25, -0.2) is 0 Å². The van der Waals surface area contributed by atoms with Crippen molar-refractivity contribution in [2.24, 2.45) is 11.8 Å². The third-order valence-electron chi connectivity index (χ3n) is 3.56. The maximum Gasteiger partial charge on any atom is 0.403 e. The number of hydrogen-bond donors (Lipinski definition) is 3. The van der Waals surface area contributed by atoms with Crippen molar-refractivity contribution in [1.29, 1.82) is 0 Å². The predicted octanol–water partition coefficient (Wildman–Crippen LogP) is 1.78. The average molecular weight is 283 g/mol. The normalized spacial score (nSPS) is 30.1. The second-order valence-electron chi connectivity index (χ2n) is 5.49. The molecule has 0 heterocycles. The number of aliphatic hydroxyl groups is 1. The van der Waals surface area contributed by atoms with Crippen LogP contribution in [0.3, 0.4) is 0 Å². The van der Waals surface area contributed by atoms with E-state index in [1.807, 2.05) is 6.92 Å². The van der Waals surface area contributed by atoms with E-state index in [1.54, 1.807) is 0 Å². The average Bonchev–Trinajstić information content (AvgIpc) is 2.21. The summed E-state index contributed by atoms with van der Waals surface area (Å²) in [5.41, 5.74) is -1.02. The van der Waals surface area contributed by atoms with Crippen LogP contribution < -0.4 is 5.32 Å². The Bertz CT molecular complexity index is 322. The van der Waals surface area contributed by atoms with Crippen molar-refractivity contribution in [2.75, 3.05) is 13.1 Å². The van der Waals surface area contributed by atoms with Crippen LogP contribution in [0.15, 0.2) is 0 Å². The van der Waals surface area contributed by atoms with Gasteiger partial charge in [0.05, 0.1) is 5.60 Å². The maximum absolute atomic E-state index is 12.4. The van der Waals surface area contributed by atoms with Crippen molar-refractivity contribution in [2.45, 2.75) is 44.4 Å². The number of carboxylic acid groups (broad SMARTS) is 1. The van der Waals surface area contributed by atoms with Crippen molar-refractivity contribution >= 4 is 5.97 Å². The summed E-state index contributed by atoms with van der Waals surface area (Å²) in [6, 6.07) is 0. The van der Waals surface area contributed by atoms with Gasteiger partial charge in [0, 0.05) is 13.1 Å². The van der Waals surface area contributed by atoms with Gasteiger partial charge in [-0.2, -0.15) is 13.2 Å². The molecular weight excluding hydrogens is 263 g/mol. The Kier molecular flexibility index (Phi) is 5.20. The monoisotopic (exact) mass is 283 g/mol. The summed E-state index contributed by atoms with van der Waals surface area (Å²) in [6.07, 6.45) is -1.87. The third-order valence-corrected chi connectivity index (χ3v) is 3.56. The van der Waals surface area contributed by atoms with Crippen LogP contribution in [0.2, 0.25) is 0 Å². The van der Waals surface area contributed by atoms with Gasteiger partial charge in [-0.1, -0.05) is 19.8 Å². The topological polar surface area (TPSA) is 69.6 Å². The molecule has 3 unspecified atom stereocenters. The number of carboxylic acids is 1. The van der Waals surface area contributed by atoms with Gasteiger partial charge in [0.1, 0.15) is 0 Å². The minimum absolute atomic E-state index is 0.00278. The first kappa shape index (κ1) is 16.2. The molecule has 0 aromatic carbocycles. The summed E-state index contributed by atoms with van der Waals surface area (Å²) in [6.45, 7) is 1.27. The number of rotatable bonds is 5. The summed E-state index contributed by atoms with van der Waals surface area (Å²) >= 11 is 0. The van der Waals surface area contributed by atoms with Crippen LogP contribution in [-0.4, -0.2) is 41.0 Å². The Balaban J connectivity index is 2.46. The molecule has 3 N–H and O–H groups in total. The fourth-order valence-electron chi connectivity index (χ4n) is 2.59. The van der Waals surface area contributed by atoms with Crippen molar-refractivity contribution < 1.29 is 28.2 Å².